The first-order valence-electron chi connectivity index (χ1n) is 5.54. The van der Waals surface area contributed by atoms with Crippen LogP contribution in [0.5, 0.6) is 0 Å². The number of carbonyl (C=O) groups is 1. The lowest BCUT2D eigenvalue weighted by atomic mass is 10.1. The Hall–Kier alpha value is -1.51. The van der Waals surface area contributed by atoms with Crippen LogP contribution < -0.4 is 5.32 Å². The van der Waals surface area contributed by atoms with Gasteiger partial charge >= 0.3 is 6.09 Å². The highest BCUT2D eigenvalue weighted by atomic mass is 16.5. The number of ether oxygens (including phenoxy) is 1. The number of hydrogen-bond donors (Lipinski definition) is 1. The summed E-state index contributed by atoms with van der Waals surface area (Å²) in [5, 5.41) is 2.71. The summed E-state index contributed by atoms with van der Waals surface area (Å²) in [6.07, 6.45) is -0.353. The number of rotatable bonds is 4. The van der Waals surface area contributed by atoms with E-state index >= 15 is 0 Å². The first kappa shape index (κ1) is 12.6. The lowest BCUT2D eigenvalue weighted by molar-refractivity contribution is 0.132. The number of benzene rings is 1. The molecule has 0 aromatic heterocycles. The lowest BCUT2D eigenvalue weighted by Crippen LogP contribution is -2.25. The number of amides is 1. The van der Waals surface area contributed by atoms with Gasteiger partial charge in [0.15, 0.2) is 0 Å². The van der Waals surface area contributed by atoms with Crippen LogP contribution in [0.15, 0.2) is 24.3 Å². The first-order chi connectivity index (χ1) is 7.58. The molecule has 0 unspecified atom stereocenters. The minimum atomic E-state index is -0.353. The van der Waals surface area contributed by atoms with Crippen LogP contribution >= 0.6 is 0 Å². The zero-order chi connectivity index (χ0) is 12.0. The van der Waals surface area contributed by atoms with E-state index in [-0.39, 0.29) is 6.09 Å². The third-order valence-corrected chi connectivity index (χ3v) is 2.11. The van der Waals surface area contributed by atoms with Crippen molar-refractivity contribution in [3.8, 4) is 0 Å². The van der Waals surface area contributed by atoms with E-state index in [0.29, 0.717) is 19.1 Å². The minimum Gasteiger partial charge on any atom is -0.449 e. The molecule has 0 aliphatic heterocycles. The average Bonchev–Trinajstić information content (AvgIpc) is 2.25. The Morgan fingerprint density at radius 1 is 1.31 bits per heavy atom. The van der Waals surface area contributed by atoms with Gasteiger partial charge in [-0.15, -0.1) is 0 Å². The van der Waals surface area contributed by atoms with Gasteiger partial charge in [-0.05, 0) is 18.4 Å². The molecule has 0 radical (unpaired) electrons. The monoisotopic (exact) mass is 221 g/mol. The Bertz CT molecular complexity index is 330. The number of aryl methyl sites for hydroxylation is 1. The second kappa shape index (κ2) is 6.16. The van der Waals surface area contributed by atoms with Crippen LogP contribution in [-0.2, 0) is 11.3 Å². The third-order valence-electron chi connectivity index (χ3n) is 2.11. The largest absolute Gasteiger partial charge is 0.449 e. The SMILES string of the molecule is Cc1ccc(CNC(=O)OCC(C)C)cc1. The van der Waals surface area contributed by atoms with Crippen LogP contribution in [0.2, 0.25) is 0 Å². The molecule has 0 atom stereocenters. The second-order valence-corrected chi connectivity index (χ2v) is 4.33. The molecule has 0 fully saturated rings. The molecular formula is C13H19NO2. The van der Waals surface area contributed by atoms with Crippen LogP contribution in [0.4, 0.5) is 4.79 Å². The molecule has 0 aliphatic carbocycles. The highest BCUT2D eigenvalue weighted by Gasteiger charge is 2.03. The van der Waals surface area contributed by atoms with E-state index in [9.17, 15) is 4.79 Å². The van der Waals surface area contributed by atoms with Crippen molar-refractivity contribution in [2.45, 2.75) is 27.3 Å². The molecule has 88 valence electrons. The summed E-state index contributed by atoms with van der Waals surface area (Å²) in [5.74, 6) is 0.366. The highest BCUT2D eigenvalue weighted by Crippen LogP contribution is 2.02. The molecule has 0 aliphatic rings. The van der Waals surface area contributed by atoms with Crippen molar-refractivity contribution in [2.24, 2.45) is 5.92 Å². The van der Waals surface area contributed by atoms with Crippen molar-refractivity contribution < 1.29 is 9.53 Å². The maximum absolute atomic E-state index is 11.3. The van der Waals surface area contributed by atoms with Crippen molar-refractivity contribution in [3.05, 3.63) is 35.4 Å². The van der Waals surface area contributed by atoms with E-state index in [1.165, 1.54) is 5.56 Å². The van der Waals surface area contributed by atoms with E-state index in [1.807, 2.05) is 45.0 Å². The summed E-state index contributed by atoms with van der Waals surface area (Å²) < 4.78 is 5.00. The maximum Gasteiger partial charge on any atom is 0.407 e. The van der Waals surface area contributed by atoms with Gasteiger partial charge in [0.05, 0.1) is 6.61 Å². The van der Waals surface area contributed by atoms with Gasteiger partial charge in [-0.2, -0.15) is 0 Å². The Morgan fingerprint density at radius 2 is 1.94 bits per heavy atom. The second-order valence-electron chi connectivity index (χ2n) is 4.33. The number of carbonyl (C=O) groups excluding carboxylic acids is 1. The van der Waals surface area contributed by atoms with Crippen LogP contribution in [-0.4, -0.2) is 12.7 Å². The predicted molar refractivity (Wildman–Crippen MR) is 64.2 cm³/mol. The molecule has 1 amide bonds. The van der Waals surface area contributed by atoms with Crippen molar-refractivity contribution >= 4 is 6.09 Å². The van der Waals surface area contributed by atoms with E-state index < -0.39 is 0 Å². The molecule has 1 N–H and O–H groups in total. The van der Waals surface area contributed by atoms with Crippen molar-refractivity contribution in [1.29, 1.82) is 0 Å². The minimum absolute atomic E-state index is 0.353. The van der Waals surface area contributed by atoms with Crippen LogP contribution in [0.1, 0.15) is 25.0 Å². The molecule has 1 aromatic carbocycles. The first-order valence-corrected chi connectivity index (χ1v) is 5.54. The fourth-order valence-electron chi connectivity index (χ4n) is 1.17. The van der Waals surface area contributed by atoms with E-state index in [2.05, 4.69) is 5.32 Å². The van der Waals surface area contributed by atoms with Gasteiger partial charge in [-0.25, -0.2) is 4.79 Å². The maximum atomic E-state index is 11.3. The summed E-state index contributed by atoms with van der Waals surface area (Å²) in [4.78, 5) is 11.3. The highest BCUT2D eigenvalue weighted by molar-refractivity contribution is 5.67. The smallest absolute Gasteiger partial charge is 0.407 e. The van der Waals surface area contributed by atoms with Gasteiger partial charge < -0.3 is 10.1 Å². The van der Waals surface area contributed by atoms with Gasteiger partial charge in [-0.3, -0.25) is 0 Å². The standard InChI is InChI=1S/C13H19NO2/c1-10(2)9-16-13(15)14-8-12-6-4-11(3)5-7-12/h4-7,10H,8-9H2,1-3H3,(H,14,15). The number of hydrogen-bond acceptors (Lipinski definition) is 2. The topological polar surface area (TPSA) is 38.3 Å². The average molecular weight is 221 g/mol. The Labute approximate surface area is 96.8 Å². The zero-order valence-electron chi connectivity index (χ0n) is 10.1. The molecular weight excluding hydrogens is 202 g/mol. The van der Waals surface area contributed by atoms with Crippen molar-refractivity contribution in [2.75, 3.05) is 6.61 Å². The molecule has 3 heteroatoms. The van der Waals surface area contributed by atoms with Gasteiger partial charge in [0, 0.05) is 6.54 Å². The molecule has 0 saturated heterocycles. The Kier molecular flexibility index (Phi) is 4.83. The van der Waals surface area contributed by atoms with Gasteiger partial charge in [0.2, 0.25) is 0 Å². The molecule has 1 rings (SSSR count). The molecule has 0 heterocycles. The molecule has 16 heavy (non-hydrogen) atoms. The molecule has 3 nitrogen and oxygen atoms in total. The van der Waals surface area contributed by atoms with Crippen molar-refractivity contribution in [3.63, 3.8) is 0 Å². The fraction of sp³-hybridized carbons (Fsp3) is 0.462. The van der Waals surface area contributed by atoms with Crippen LogP contribution in [0.25, 0.3) is 0 Å². The molecule has 0 bridgehead atoms. The van der Waals surface area contributed by atoms with Crippen LogP contribution in [0.3, 0.4) is 0 Å². The summed E-state index contributed by atoms with van der Waals surface area (Å²) >= 11 is 0. The van der Waals surface area contributed by atoms with Gasteiger partial charge in [-0.1, -0.05) is 43.7 Å². The molecule has 0 saturated carbocycles. The quantitative estimate of drug-likeness (QED) is 0.849. The summed E-state index contributed by atoms with van der Waals surface area (Å²) in [5.41, 5.74) is 2.29. The van der Waals surface area contributed by atoms with E-state index in [0.717, 1.165) is 5.56 Å². The Morgan fingerprint density at radius 3 is 2.50 bits per heavy atom. The third kappa shape index (κ3) is 4.82. The summed E-state index contributed by atoms with van der Waals surface area (Å²) in [6, 6.07) is 8.04. The molecule has 0 spiro atoms. The molecule has 1 aromatic rings. The van der Waals surface area contributed by atoms with Gasteiger partial charge in [0.1, 0.15) is 0 Å². The zero-order valence-corrected chi connectivity index (χ0v) is 10.1. The summed E-state index contributed by atoms with van der Waals surface area (Å²) in [6.45, 7) is 7.02. The lowest BCUT2D eigenvalue weighted by Gasteiger charge is -2.08. The fourth-order valence-corrected chi connectivity index (χ4v) is 1.17. The van der Waals surface area contributed by atoms with Gasteiger partial charge in [0.25, 0.3) is 0 Å². The Balaban J connectivity index is 2.29. The van der Waals surface area contributed by atoms with Crippen molar-refractivity contribution in [1.82, 2.24) is 5.32 Å². The van der Waals surface area contributed by atoms with E-state index in [1.54, 1.807) is 0 Å². The number of alkyl carbamates (subject to hydrolysis) is 1. The summed E-state index contributed by atoms with van der Waals surface area (Å²) in [7, 11) is 0. The van der Waals surface area contributed by atoms with E-state index in [4.69, 9.17) is 4.74 Å². The normalized spacial score (nSPS) is 10.2. The predicted octanol–water partition coefficient (Wildman–Crippen LogP) is 2.88. The number of nitrogens with one attached hydrogen (secondary N) is 1. The van der Waals surface area contributed by atoms with Crippen LogP contribution in [0, 0.1) is 12.8 Å².